The van der Waals surface area contributed by atoms with Gasteiger partial charge >= 0.3 is 0 Å². The Labute approximate surface area is 168 Å². The fourth-order valence-corrected chi connectivity index (χ4v) is 3.85. The molecule has 0 amide bonds. The third-order valence-electron chi connectivity index (χ3n) is 5.55. The van der Waals surface area contributed by atoms with Gasteiger partial charge < -0.3 is 5.73 Å². The number of nitrogens with zero attached hydrogens (tertiary/aromatic N) is 3. The molecular formula is C20H30Cl2N4. The lowest BCUT2D eigenvalue weighted by Crippen LogP contribution is -2.52. The van der Waals surface area contributed by atoms with E-state index < -0.39 is 0 Å². The molecule has 6 heteroatoms. The summed E-state index contributed by atoms with van der Waals surface area (Å²) in [5, 5.41) is 5.54. The lowest BCUT2D eigenvalue weighted by Gasteiger charge is -2.42. The van der Waals surface area contributed by atoms with Crippen molar-refractivity contribution in [2.75, 3.05) is 13.1 Å². The van der Waals surface area contributed by atoms with Crippen LogP contribution in [0.5, 0.6) is 0 Å². The zero-order valence-corrected chi connectivity index (χ0v) is 17.7. The first-order valence-corrected chi connectivity index (χ1v) is 9.39. The van der Waals surface area contributed by atoms with E-state index in [2.05, 4.69) is 49.4 Å². The minimum absolute atomic E-state index is 0. The lowest BCUT2D eigenvalue weighted by molar-refractivity contribution is 0.0895. The first-order chi connectivity index (χ1) is 11.8. The molecule has 2 N–H and O–H groups in total. The molecule has 2 aromatic rings. The minimum atomic E-state index is 0. The number of hydrogen-bond acceptors (Lipinski definition) is 3. The van der Waals surface area contributed by atoms with E-state index in [1.165, 1.54) is 16.8 Å². The van der Waals surface area contributed by atoms with Crippen molar-refractivity contribution in [3.63, 3.8) is 0 Å². The molecule has 144 valence electrons. The molecule has 1 aromatic carbocycles. The number of halogens is 2. The van der Waals surface area contributed by atoms with Gasteiger partial charge in [-0.25, -0.2) is 0 Å². The van der Waals surface area contributed by atoms with Crippen LogP contribution in [-0.4, -0.2) is 33.8 Å². The molecule has 0 bridgehead atoms. The molecule has 0 saturated carbocycles. The van der Waals surface area contributed by atoms with Gasteiger partial charge in [0.1, 0.15) is 0 Å². The summed E-state index contributed by atoms with van der Waals surface area (Å²) in [4.78, 5) is 2.52. The van der Waals surface area contributed by atoms with Crippen LogP contribution in [0.4, 0.5) is 0 Å². The van der Waals surface area contributed by atoms with Gasteiger partial charge in [-0.3, -0.25) is 9.58 Å². The largest absolute Gasteiger partial charge is 0.327 e. The van der Waals surface area contributed by atoms with Crippen LogP contribution in [0.2, 0.25) is 5.02 Å². The van der Waals surface area contributed by atoms with Crippen LogP contribution in [0.3, 0.4) is 0 Å². The van der Waals surface area contributed by atoms with Crippen LogP contribution >= 0.6 is 24.0 Å². The maximum Gasteiger partial charge on any atom is 0.0662 e. The van der Waals surface area contributed by atoms with Crippen molar-refractivity contribution in [1.82, 2.24) is 14.7 Å². The zero-order valence-electron chi connectivity index (χ0n) is 16.1. The van der Waals surface area contributed by atoms with E-state index in [1.54, 1.807) is 0 Å². The number of likely N-dealkylation sites (tertiary alicyclic amines) is 1. The van der Waals surface area contributed by atoms with Crippen LogP contribution in [-0.2, 0) is 13.1 Å². The van der Waals surface area contributed by atoms with E-state index in [0.717, 1.165) is 43.3 Å². The Balaban J connectivity index is 0.00000243. The number of piperidine rings is 1. The molecule has 1 aromatic heterocycles. The Hall–Kier alpha value is -1.07. The van der Waals surface area contributed by atoms with Crippen molar-refractivity contribution >= 4 is 24.0 Å². The standard InChI is InChI=1S/C20H29ClN4.ClH/c1-14-18(12-24-10-9-19(22)20(3,4)13-24)15(2)25(23-14)11-16-5-7-17(21)8-6-16;/h5-8,19H,9-13,22H2,1-4H3;1H. The molecule has 1 fully saturated rings. The fraction of sp³-hybridized carbons (Fsp3) is 0.550. The average Bonchev–Trinajstić information content (AvgIpc) is 2.80. The van der Waals surface area contributed by atoms with Gasteiger partial charge in [-0.15, -0.1) is 12.4 Å². The Bertz CT molecular complexity index is 737. The SMILES string of the molecule is Cc1nn(Cc2ccc(Cl)cc2)c(C)c1CN1CCC(N)C(C)(C)C1.Cl. The smallest absolute Gasteiger partial charge is 0.0662 e. The summed E-state index contributed by atoms with van der Waals surface area (Å²) in [7, 11) is 0. The molecule has 1 saturated heterocycles. The average molecular weight is 397 g/mol. The van der Waals surface area contributed by atoms with Crippen molar-refractivity contribution < 1.29 is 0 Å². The Kier molecular flexibility index (Phi) is 6.78. The second-order valence-corrected chi connectivity index (χ2v) is 8.46. The van der Waals surface area contributed by atoms with Gasteiger partial charge in [-0.1, -0.05) is 37.6 Å². The molecule has 2 heterocycles. The summed E-state index contributed by atoms with van der Waals surface area (Å²) in [5.41, 5.74) is 11.4. The van der Waals surface area contributed by atoms with Crippen LogP contribution < -0.4 is 5.73 Å². The highest BCUT2D eigenvalue weighted by Gasteiger charge is 2.33. The van der Waals surface area contributed by atoms with Gasteiger partial charge in [-0.05, 0) is 43.4 Å². The predicted molar refractivity (Wildman–Crippen MR) is 111 cm³/mol. The van der Waals surface area contributed by atoms with Crippen molar-refractivity contribution in [3.05, 3.63) is 51.8 Å². The molecule has 0 aliphatic carbocycles. The number of aryl methyl sites for hydroxylation is 1. The highest BCUT2D eigenvalue weighted by atomic mass is 35.5. The maximum atomic E-state index is 6.28. The maximum absolute atomic E-state index is 6.28. The molecule has 4 nitrogen and oxygen atoms in total. The second kappa shape index (κ2) is 8.30. The summed E-state index contributed by atoms with van der Waals surface area (Å²) >= 11 is 5.98. The van der Waals surface area contributed by atoms with E-state index in [1.807, 2.05) is 12.1 Å². The van der Waals surface area contributed by atoms with Gasteiger partial charge in [0, 0.05) is 42.0 Å². The topological polar surface area (TPSA) is 47.1 Å². The number of nitrogens with two attached hydrogens (primary N) is 1. The molecule has 1 unspecified atom stereocenters. The number of aromatic nitrogens is 2. The highest BCUT2D eigenvalue weighted by molar-refractivity contribution is 6.30. The monoisotopic (exact) mass is 396 g/mol. The van der Waals surface area contributed by atoms with Crippen molar-refractivity contribution in [1.29, 1.82) is 0 Å². The molecule has 0 spiro atoms. The Morgan fingerprint density at radius 3 is 2.46 bits per heavy atom. The van der Waals surface area contributed by atoms with Crippen LogP contribution in [0, 0.1) is 19.3 Å². The van der Waals surface area contributed by atoms with E-state index in [9.17, 15) is 0 Å². The van der Waals surface area contributed by atoms with Gasteiger partial charge in [0.25, 0.3) is 0 Å². The second-order valence-electron chi connectivity index (χ2n) is 8.03. The lowest BCUT2D eigenvalue weighted by atomic mass is 9.79. The van der Waals surface area contributed by atoms with Crippen molar-refractivity contribution in [3.8, 4) is 0 Å². The fourth-order valence-electron chi connectivity index (χ4n) is 3.72. The van der Waals surface area contributed by atoms with Gasteiger partial charge in [0.2, 0.25) is 0 Å². The van der Waals surface area contributed by atoms with Crippen LogP contribution in [0.15, 0.2) is 24.3 Å². The minimum Gasteiger partial charge on any atom is -0.327 e. The summed E-state index contributed by atoms with van der Waals surface area (Å²) < 4.78 is 2.11. The normalized spacial score (nSPS) is 20.0. The molecule has 3 rings (SSSR count). The van der Waals surface area contributed by atoms with Gasteiger partial charge in [-0.2, -0.15) is 5.10 Å². The third kappa shape index (κ3) is 4.61. The quantitative estimate of drug-likeness (QED) is 0.842. The van der Waals surface area contributed by atoms with E-state index in [0.29, 0.717) is 6.04 Å². The molecule has 1 atom stereocenters. The van der Waals surface area contributed by atoms with Crippen LogP contribution in [0.25, 0.3) is 0 Å². The van der Waals surface area contributed by atoms with Crippen molar-refractivity contribution in [2.24, 2.45) is 11.1 Å². The number of rotatable bonds is 4. The summed E-state index contributed by atoms with van der Waals surface area (Å²) in [6.45, 7) is 12.7. The number of hydrogen-bond donors (Lipinski definition) is 1. The molecule has 0 radical (unpaired) electrons. The Morgan fingerprint density at radius 1 is 1.19 bits per heavy atom. The number of benzene rings is 1. The van der Waals surface area contributed by atoms with E-state index in [4.69, 9.17) is 22.4 Å². The van der Waals surface area contributed by atoms with Gasteiger partial charge in [0.15, 0.2) is 0 Å². The van der Waals surface area contributed by atoms with E-state index in [-0.39, 0.29) is 17.8 Å². The molecule has 26 heavy (non-hydrogen) atoms. The Morgan fingerprint density at radius 2 is 1.85 bits per heavy atom. The van der Waals surface area contributed by atoms with Crippen molar-refractivity contribution in [2.45, 2.75) is 53.2 Å². The van der Waals surface area contributed by atoms with E-state index >= 15 is 0 Å². The summed E-state index contributed by atoms with van der Waals surface area (Å²) in [6, 6.07) is 8.28. The first-order valence-electron chi connectivity index (χ1n) is 9.01. The molecule has 1 aliphatic heterocycles. The molecule has 1 aliphatic rings. The zero-order chi connectivity index (χ0) is 18.2. The predicted octanol–water partition coefficient (Wildman–Crippen LogP) is 4.18. The molecular weight excluding hydrogens is 367 g/mol. The highest BCUT2D eigenvalue weighted by Crippen LogP contribution is 2.29. The third-order valence-corrected chi connectivity index (χ3v) is 5.80. The van der Waals surface area contributed by atoms with Crippen LogP contribution in [0.1, 0.15) is 42.8 Å². The summed E-state index contributed by atoms with van der Waals surface area (Å²) in [5.74, 6) is 0. The summed E-state index contributed by atoms with van der Waals surface area (Å²) in [6.07, 6.45) is 1.06. The first kappa shape index (κ1) is 21.2. The van der Waals surface area contributed by atoms with Gasteiger partial charge in [0.05, 0.1) is 12.2 Å².